The van der Waals surface area contributed by atoms with E-state index in [9.17, 15) is 4.39 Å². The highest BCUT2D eigenvalue weighted by atomic mass is 19.2. The van der Waals surface area contributed by atoms with Gasteiger partial charge in [-0.15, -0.1) is 0 Å². The second kappa shape index (κ2) is 7.07. The molecule has 2 saturated carbocycles. The van der Waals surface area contributed by atoms with Gasteiger partial charge in [0.1, 0.15) is 5.83 Å². The lowest BCUT2D eigenvalue weighted by Gasteiger charge is -2.53. The van der Waals surface area contributed by atoms with Crippen molar-refractivity contribution in [2.24, 2.45) is 17.3 Å². The highest BCUT2D eigenvalue weighted by Crippen LogP contribution is 2.60. The van der Waals surface area contributed by atoms with Crippen LogP contribution in [0.1, 0.15) is 84.0 Å². The molecule has 0 aromatic heterocycles. The van der Waals surface area contributed by atoms with Gasteiger partial charge in [-0.25, -0.2) is 8.78 Å². The van der Waals surface area contributed by atoms with Crippen molar-refractivity contribution in [1.29, 1.82) is 0 Å². The molecule has 0 bridgehead atoms. The fourth-order valence-corrected chi connectivity index (χ4v) is 5.70. The molecule has 23 heavy (non-hydrogen) atoms. The Hall–Kier alpha value is -0.660. The summed E-state index contributed by atoms with van der Waals surface area (Å²) in [6.45, 7) is 2.25. The minimum atomic E-state index is -1.84. The molecule has 0 radical (unpaired) electrons. The van der Waals surface area contributed by atoms with Crippen LogP contribution in [0.25, 0.3) is 0 Å². The molecule has 130 valence electrons. The highest BCUT2D eigenvalue weighted by Gasteiger charge is 2.58. The van der Waals surface area contributed by atoms with Gasteiger partial charge < -0.3 is 0 Å². The first-order chi connectivity index (χ1) is 11.1. The number of allylic oxidation sites excluding steroid dienone is 4. The molecule has 0 amide bonds. The first kappa shape index (κ1) is 17.2. The van der Waals surface area contributed by atoms with Crippen molar-refractivity contribution < 1.29 is 8.78 Å². The van der Waals surface area contributed by atoms with Crippen molar-refractivity contribution in [3.05, 3.63) is 24.1 Å². The van der Waals surface area contributed by atoms with E-state index in [4.69, 9.17) is 0 Å². The number of rotatable bonds is 4. The fourth-order valence-electron chi connectivity index (χ4n) is 5.70. The van der Waals surface area contributed by atoms with Gasteiger partial charge in [-0.1, -0.05) is 57.9 Å². The van der Waals surface area contributed by atoms with Crippen molar-refractivity contribution >= 4 is 0 Å². The van der Waals surface area contributed by atoms with Crippen LogP contribution >= 0.6 is 0 Å². The Kier molecular flexibility index (Phi) is 5.28. The van der Waals surface area contributed by atoms with Gasteiger partial charge in [0.05, 0.1) is 0 Å². The molecule has 1 atom stereocenters. The van der Waals surface area contributed by atoms with Crippen LogP contribution in [-0.4, -0.2) is 5.67 Å². The second-order valence-electron chi connectivity index (χ2n) is 8.13. The first-order valence-electron chi connectivity index (χ1n) is 9.85. The molecule has 0 aromatic carbocycles. The van der Waals surface area contributed by atoms with E-state index in [-0.39, 0.29) is 0 Å². The molecule has 3 rings (SSSR count). The second-order valence-corrected chi connectivity index (χ2v) is 8.13. The third kappa shape index (κ3) is 3.03. The topological polar surface area (TPSA) is 0 Å². The third-order valence-electron chi connectivity index (χ3n) is 6.92. The van der Waals surface area contributed by atoms with Crippen LogP contribution < -0.4 is 0 Å². The van der Waals surface area contributed by atoms with Gasteiger partial charge in [-0.3, -0.25) is 0 Å². The molecule has 0 N–H and O–H groups in total. The lowest BCUT2D eigenvalue weighted by molar-refractivity contribution is -0.0575. The molecule has 2 fully saturated rings. The Labute approximate surface area is 140 Å². The van der Waals surface area contributed by atoms with E-state index in [1.807, 2.05) is 6.08 Å². The Bertz CT molecular complexity index is 450. The van der Waals surface area contributed by atoms with Gasteiger partial charge in [0, 0.05) is 5.41 Å². The van der Waals surface area contributed by atoms with Gasteiger partial charge in [-0.05, 0) is 56.1 Å². The zero-order chi connectivity index (χ0) is 16.3. The number of alkyl halides is 1. The average molecular weight is 322 g/mol. The maximum Gasteiger partial charge on any atom is 0.185 e. The molecule has 2 heteroatoms. The minimum absolute atomic E-state index is 0.350. The maximum atomic E-state index is 16.0. The van der Waals surface area contributed by atoms with Crippen molar-refractivity contribution in [2.45, 2.75) is 89.6 Å². The smallest absolute Gasteiger partial charge is 0.185 e. The van der Waals surface area contributed by atoms with E-state index in [1.165, 1.54) is 38.2 Å². The number of hydrogen-bond acceptors (Lipinski definition) is 0. The monoisotopic (exact) mass is 322 g/mol. The first-order valence-corrected chi connectivity index (χ1v) is 9.85. The Balaban J connectivity index is 1.85. The summed E-state index contributed by atoms with van der Waals surface area (Å²) >= 11 is 0. The molecular formula is C21H32F2. The van der Waals surface area contributed by atoms with Crippen molar-refractivity contribution in [2.75, 3.05) is 0 Å². The van der Waals surface area contributed by atoms with Gasteiger partial charge in [0.15, 0.2) is 5.67 Å². The third-order valence-corrected chi connectivity index (χ3v) is 6.92. The van der Waals surface area contributed by atoms with E-state index < -0.39 is 16.9 Å². The summed E-state index contributed by atoms with van der Waals surface area (Å²) in [5.74, 6) is 0.662. The minimum Gasteiger partial charge on any atom is -0.231 e. The van der Waals surface area contributed by atoms with Crippen molar-refractivity contribution in [1.82, 2.24) is 0 Å². The Morgan fingerprint density at radius 1 is 1.09 bits per heavy atom. The molecule has 0 saturated heterocycles. The van der Waals surface area contributed by atoms with Gasteiger partial charge in [0.2, 0.25) is 0 Å². The van der Waals surface area contributed by atoms with Crippen molar-refractivity contribution in [3.63, 3.8) is 0 Å². The fraction of sp³-hybridized carbons (Fsp3) is 0.810. The van der Waals surface area contributed by atoms with Crippen LogP contribution in [0.2, 0.25) is 0 Å². The maximum absolute atomic E-state index is 16.0. The largest absolute Gasteiger partial charge is 0.231 e. The standard InChI is InChI=1S/C21H32F2/c1-2-8-17-10-12-18(13-11-17)20(14-5-3-6-15-20)21(23)16-7-4-9-19(21)22/h7,9,16-18H,2-6,8,10-15H2,1H3/t17-,18-,21?. The van der Waals surface area contributed by atoms with Crippen molar-refractivity contribution in [3.8, 4) is 0 Å². The van der Waals surface area contributed by atoms with Crippen LogP contribution in [-0.2, 0) is 0 Å². The summed E-state index contributed by atoms with van der Waals surface area (Å²) in [6.07, 6.45) is 17.6. The molecular weight excluding hydrogens is 290 g/mol. The van der Waals surface area contributed by atoms with E-state index in [1.54, 1.807) is 6.08 Å². The molecule has 0 aliphatic heterocycles. The number of halogens is 2. The van der Waals surface area contributed by atoms with Crippen LogP contribution in [0, 0.1) is 17.3 Å². The molecule has 0 heterocycles. The zero-order valence-corrected chi connectivity index (χ0v) is 14.6. The van der Waals surface area contributed by atoms with Gasteiger partial charge in [0.25, 0.3) is 0 Å². The molecule has 0 spiro atoms. The number of hydrogen-bond donors (Lipinski definition) is 0. The normalized spacial score (nSPS) is 37.4. The highest BCUT2D eigenvalue weighted by molar-refractivity contribution is 5.31. The van der Waals surface area contributed by atoms with E-state index in [0.29, 0.717) is 12.3 Å². The SMILES string of the molecule is CCC[C@H]1CC[C@H](C2(C3(F)C=CCC=C3F)CCCCC2)CC1. The summed E-state index contributed by atoms with van der Waals surface area (Å²) < 4.78 is 30.7. The Morgan fingerprint density at radius 3 is 2.39 bits per heavy atom. The van der Waals surface area contributed by atoms with Crippen LogP contribution in [0.15, 0.2) is 24.1 Å². The van der Waals surface area contributed by atoms with E-state index in [2.05, 4.69) is 6.92 Å². The molecule has 0 nitrogen and oxygen atoms in total. The van der Waals surface area contributed by atoms with E-state index >= 15 is 4.39 Å². The summed E-state index contributed by atoms with van der Waals surface area (Å²) in [4.78, 5) is 0. The summed E-state index contributed by atoms with van der Waals surface area (Å²) in [6, 6.07) is 0. The van der Waals surface area contributed by atoms with E-state index in [0.717, 1.165) is 44.4 Å². The molecule has 3 aliphatic rings. The lowest BCUT2D eigenvalue weighted by Crippen LogP contribution is -2.51. The van der Waals surface area contributed by atoms with Crippen LogP contribution in [0.5, 0.6) is 0 Å². The molecule has 3 aliphatic carbocycles. The predicted molar refractivity (Wildman–Crippen MR) is 92.7 cm³/mol. The van der Waals surface area contributed by atoms with Gasteiger partial charge in [-0.2, -0.15) is 0 Å². The summed E-state index contributed by atoms with van der Waals surface area (Å²) in [7, 11) is 0. The summed E-state index contributed by atoms with van der Waals surface area (Å²) in [5.41, 5.74) is -2.33. The predicted octanol–water partition coefficient (Wildman–Crippen LogP) is 7.07. The van der Waals surface area contributed by atoms with Crippen LogP contribution in [0.4, 0.5) is 8.78 Å². The molecule has 1 unspecified atom stereocenters. The summed E-state index contributed by atoms with van der Waals surface area (Å²) in [5, 5.41) is 0. The zero-order valence-electron chi connectivity index (χ0n) is 14.6. The molecule has 0 aromatic rings. The Morgan fingerprint density at radius 2 is 1.78 bits per heavy atom. The average Bonchev–Trinajstić information content (AvgIpc) is 2.59. The van der Waals surface area contributed by atoms with Crippen LogP contribution in [0.3, 0.4) is 0 Å². The van der Waals surface area contributed by atoms with Gasteiger partial charge >= 0.3 is 0 Å². The lowest BCUT2D eigenvalue weighted by atomic mass is 9.53. The quantitative estimate of drug-likeness (QED) is 0.486.